The molecule has 0 fully saturated rings. The summed E-state index contributed by atoms with van der Waals surface area (Å²) in [6, 6.07) is -0.538. The number of carbonyl (C=O) groups is 2. The van der Waals surface area contributed by atoms with Gasteiger partial charge in [0.15, 0.2) is 0 Å². The van der Waals surface area contributed by atoms with Gasteiger partial charge in [0.25, 0.3) is 0 Å². The number of ether oxygens (including phenoxy) is 1. The Morgan fingerprint density at radius 2 is 0.625 bits per heavy atom. The number of nitrogens with one attached hydrogen (secondary N) is 1. The Balaban J connectivity index is 3.32. The summed E-state index contributed by atoms with van der Waals surface area (Å²) in [5, 5.41) is 23.4. The zero-order valence-corrected chi connectivity index (χ0v) is 54.3. The smallest absolute Gasteiger partial charge is 0.305 e. The molecule has 6 nitrogen and oxygen atoms in total. The normalized spacial score (nSPS) is 12.6. The van der Waals surface area contributed by atoms with Gasteiger partial charge in [-0.05, 0) is 57.8 Å². The molecule has 0 aliphatic carbocycles. The molecule has 0 aromatic rings. The second-order valence-electron chi connectivity index (χ2n) is 25.3. The van der Waals surface area contributed by atoms with Crippen LogP contribution in [0.4, 0.5) is 0 Å². The Morgan fingerprint density at radius 1 is 0.350 bits per heavy atom. The van der Waals surface area contributed by atoms with E-state index in [0.29, 0.717) is 25.9 Å². The van der Waals surface area contributed by atoms with Crippen molar-refractivity contribution in [2.24, 2.45) is 0 Å². The molecule has 6 heteroatoms. The molecule has 0 rings (SSSR count). The van der Waals surface area contributed by atoms with Crippen LogP contribution < -0.4 is 5.32 Å². The first-order valence-corrected chi connectivity index (χ1v) is 36.6. The summed E-state index contributed by atoms with van der Waals surface area (Å²) in [5.41, 5.74) is 0. The third-order valence-corrected chi connectivity index (χ3v) is 17.3. The number of carbonyl (C=O) groups excluding carboxylic acids is 2. The van der Waals surface area contributed by atoms with E-state index in [0.717, 1.165) is 51.4 Å². The summed E-state index contributed by atoms with van der Waals surface area (Å²) in [6.07, 6.45) is 88.1. The lowest BCUT2D eigenvalue weighted by atomic mass is 10.0. The number of unbranched alkanes of at least 4 members (excludes halogenated alkanes) is 54. The van der Waals surface area contributed by atoms with Crippen LogP contribution in [-0.2, 0) is 14.3 Å². The molecular weight excluding hydrogens is 983 g/mol. The molecule has 474 valence electrons. The molecule has 0 saturated carbocycles. The van der Waals surface area contributed by atoms with E-state index in [-0.39, 0.29) is 18.5 Å². The van der Waals surface area contributed by atoms with Gasteiger partial charge in [0, 0.05) is 12.8 Å². The van der Waals surface area contributed by atoms with Gasteiger partial charge in [-0.1, -0.05) is 366 Å². The van der Waals surface area contributed by atoms with Crippen molar-refractivity contribution in [2.75, 3.05) is 13.2 Å². The van der Waals surface area contributed by atoms with Crippen LogP contribution in [0.1, 0.15) is 412 Å². The van der Waals surface area contributed by atoms with E-state index in [1.165, 1.54) is 327 Å². The predicted octanol–water partition coefficient (Wildman–Crippen LogP) is 23.7. The van der Waals surface area contributed by atoms with Crippen molar-refractivity contribution in [3.8, 4) is 0 Å². The molecule has 0 radical (unpaired) electrons. The van der Waals surface area contributed by atoms with Crippen molar-refractivity contribution in [3.63, 3.8) is 0 Å². The zero-order chi connectivity index (χ0) is 57.8. The minimum Gasteiger partial charge on any atom is -0.466 e. The van der Waals surface area contributed by atoms with Crippen LogP contribution in [0.2, 0.25) is 0 Å². The molecule has 80 heavy (non-hydrogen) atoms. The Hall–Kier alpha value is -1.66. The Labute approximate surface area is 501 Å². The Bertz CT molecular complexity index is 1250. The molecule has 3 N–H and O–H groups in total. The van der Waals surface area contributed by atoms with Crippen molar-refractivity contribution in [2.45, 2.75) is 424 Å². The lowest BCUT2D eigenvalue weighted by Gasteiger charge is -2.22. The number of hydrogen-bond acceptors (Lipinski definition) is 5. The van der Waals surface area contributed by atoms with E-state index in [9.17, 15) is 19.8 Å². The monoisotopic (exact) mass is 1130 g/mol. The summed E-state index contributed by atoms with van der Waals surface area (Å²) in [5.74, 6) is -0.0194. The van der Waals surface area contributed by atoms with Gasteiger partial charge in [0.05, 0.1) is 25.4 Å². The van der Waals surface area contributed by atoms with Gasteiger partial charge in [-0.2, -0.15) is 0 Å². The Kier molecular flexibility index (Phi) is 68.4. The average Bonchev–Trinajstić information content (AvgIpc) is 3.46. The fraction of sp³-hybridized carbons (Fsp3) is 0.919. The van der Waals surface area contributed by atoms with Crippen molar-refractivity contribution in [1.29, 1.82) is 0 Å². The van der Waals surface area contributed by atoms with Crippen LogP contribution in [0.5, 0.6) is 0 Å². The fourth-order valence-corrected chi connectivity index (χ4v) is 11.7. The van der Waals surface area contributed by atoms with E-state index >= 15 is 0 Å². The van der Waals surface area contributed by atoms with Gasteiger partial charge in [-0.15, -0.1) is 0 Å². The summed E-state index contributed by atoms with van der Waals surface area (Å²) < 4.78 is 5.49. The number of rotatable bonds is 69. The van der Waals surface area contributed by atoms with Crippen LogP contribution in [0.25, 0.3) is 0 Å². The summed E-state index contributed by atoms with van der Waals surface area (Å²) in [6.45, 7) is 4.97. The van der Waals surface area contributed by atoms with Crippen LogP contribution >= 0.6 is 0 Å². The maximum Gasteiger partial charge on any atom is 0.305 e. The highest BCUT2D eigenvalue weighted by Crippen LogP contribution is 2.19. The summed E-state index contributed by atoms with van der Waals surface area (Å²) in [4.78, 5) is 24.6. The topological polar surface area (TPSA) is 95.9 Å². The molecule has 1 amide bonds. The first-order chi connectivity index (χ1) is 39.5. The van der Waals surface area contributed by atoms with Crippen LogP contribution in [-0.4, -0.2) is 47.4 Å². The molecule has 0 aromatic heterocycles. The highest BCUT2D eigenvalue weighted by Gasteiger charge is 2.20. The molecule has 0 spiro atoms. The first kappa shape index (κ1) is 78.3. The maximum atomic E-state index is 12.5. The SMILES string of the molecule is CCCCCC/C=C\C/C=C\CCCCCCCC(=O)OCCCCCCCCCCCCCCCCCCCCCCCCCCCCCCCCCC(=O)NC(CO)C(O)CCCCCCCCCCCCCCCCCC. The van der Waals surface area contributed by atoms with Gasteiger partial charge in [-0.25, -0.2) is 0 Å². The highest BCUT2D eigenvalue weighted by molar-refractivity contribution is 5.76. The summed E-state index contributed by atoms with van der Waals surface area (Å²) >= 11 is 0. The first-order valence-electron chi connectivity index (χ1n) is 36.6. The molecule has 0 aliphatic heterocycles. The van der Waals surface area contributed by atoms with Gasteiger partial charge >= 0.3 is 5.97 Å². The van der Waals surface area contributed by atoms with E-state index < -0.39 is 12.1 Å². The van der Waals surface area contributed by atoms with Crippen molar-refractivity contribution >= 4 is 11.9 Å². The standard InChI is InChI=1S/C74H143NO5/c1-3-5-7-9-11-13-15-17-19-38-42-46-50-54-58-62-66-72(77)71(70-76)75-73(78)67-63-59-55-51-47-43-39-36-34-32-30-28-26-24-22-21-23-25-27-29-31-33-35-37-41-45-49-53-57-61-65-69-80-74(79)68-64-60-56-52-48-44-40-20-18-16-14-12-10-8-6-4-2/h14,16,20,40,71-72,76-77H,3-13,15,17-19,21-39,41-70H2,1-2H3,(H,75,78)/b16-14-,40-20-. The van der Waals surface area contributed by atoms with Crippen LogP contribution in [0.15, 0.2) is 24.3 Å². The lowest BCUT2D eigenvalue weighted by Crippen LogP contribution is -2.45. The van der Waals surface area contributed by atoms with Crippen molar-refractivity contribution in [1.82, 2.24) is 5.32 Å². The van der Waals surface area contributed by atoms with Crippen LogP contribution in [0.3, 0.4) is 0 Å². The average molecular weight is 1130 g/mol. The van der Waals surface area contributed by atoms with E-state index in [1.807, 2.05) is 0 Å². The van der Waals surface area contributed by atoms with Gasteiger partial charge in [-0.3, -0.25) is 9.59 Å². The maximum absolute atomic E-state index is 12.5. The second-order valence-corrected chi connectivity index (χ2v) is 25.3. The molecule has 2 atom stereocenters. The Morgan fingerprint density at radius 3 is 0.963 bits per heavy atom. The van der Waals surface area contributed by atoms with Gasteiger partial charge in [0.2, 0.25) is 5.91 Å². The number of aliphatic hydroxyl groups excluding tert-OH is 2. The third kappa shape index (κ3) is 65.5. The summed E-state index contributed by atoms with van der Waals surface area (Å²) in [7, 11) is 0. The van der Waals surface area contributed by atoms with Gasteiger partial charge in [0.1, 0.15) is 0 Å². The zero-order valence-electron chi connectivity index (χ0n) is 54.3. The molecule has 2 unspecified atom stereocenters. The molecular formula is C74H143NO5. The number of aliphatic hydroxyl groups is 2. The van der Waals surface area contributed by atoms with E-state index in [1.54, 1.807) is 0 Å². The minimum absolute atomic E-state index is 0.00789. The largest absolute Gasteiger partial charge is 0.466 e. The lowest BCUT2D eigenvalue weighted by molar-refractivity contribution is -0.143. The van der Waals surface area contributed by atoms with Crippen LogP contribution in [0, 0.1) is 0 Å². The van der Waals surface area contributed by atoms with E-state index in [4.69, 9.17) is 4.74 Å². The fourth-order valence-electron chi connectivity index (χ4n) is 11.7. The molecule has 0 aromatic carbocycles. The molecule has 0 saturated heterocycles. The molecule has 0 heterocycles. The molecule has 0 bridgehead atoms. The highest BCUT2D eigenvalue weighted by atomic mass is 16.5. The number of hydrogen-bond donors (Lipinski definition) is 3. The number of esters is 1. The van der Waals surface area contributed by atoms with Crippen molar-refractivity contribution in [3.05, 3.63) is 24.3 Å². The van der Waals surface area contributed by atoms with Gasteiger partial charge < -0.3 is 20.3 Å². The molecule has 0 aliphatic rings. The number of allylic oxidation sites excluding steroid dienone is 4. The van der Waals surface area contributed by atoms with E-state index in [2.05, 4.69) is 43.5 Å². The minimum atomic E-state index is -0.661. The quantitative estimate of drug-likeness (QED) is 0.0320. The number of amides is 1. The predicted molar refractivity (Wildman–Crippen MR) is 352 cm³/mol. The second kappa shape index (κ2) is 69.8. The van der Waals surface area contributed by atoms with Crippen molar-refractivity contribution < 1.29 is 24.5 Å². The third-order valence-electron chi connectivity index (χ3n) is 17.3.